The van der Waals surface area contributed by atoms with Crippen LogP contribution in [0, 0.1) is 0 Å². The Bertz CT molecular complexity index is 693. The van der Waals surface area contributed by atoms with Crippen molar-refractivity contribution >= 4 is 28.3 Å². The minimum absolute atomic E-state index is 0. The highest BCUT2D eigenvalue weighted by Crippen LogP contribution is 2.37. The zero-order chi connectivity index (χ0) is 18.2. The van der Waals surface area contributed by atoms with Crippen LogP contribution < -0.4 is 14.8 Å². The molecule has 0 amide bonds. The largest absolute Gasteiger partial charge is 0.490 e. The van der Waals surface area contributed by atoms with E-state index in [9.17, 15) is 0 Å². The van der Waals surface area contributed by atoms with Crippen LogP contribution in [0.1, 0.15) is 30.9 Å². The Kier molecular flexibility index (Phi) is 9.42. The van der Waals surface area contributed by atoms with Gasteiger partial charge in [-0.05, 0) is 59.0 Å². The van der Waals surface area contributed by atoms with E-state index in [0.717, 1.165) is 53.2 Å². The molecule has 0 bridgehead atoms. The minimum Gasteiger partial charge on any atom is -0.490 e. The van der Waals surface area contributed by atoms with Gasteiger partial charge in [-0.2, -0.15) is 0 Å². The lowest BCUT2D eigenvalue weighted by Gasteiger charge is -2.16. The van der Waals surface area contributed by atoms with Gasteiger partial charge in [-0.1, -0.05) is 30.3 Å². The van der Waals surface area contributed by atoms with Crippen LogP contribution in [0.15, 0.2) is 46.9 Å². The summed E-state index contributed by atoms with van der Waals surface area (Å²) in [6.07, 6.45) is 2.66. The van der Waals surface area contributed by atoms with Gasteiger partial charge in [0, 0.05) is 19.7 Å². The Labute approximate surface area is 176 Å². The van der Waals surface area contributed by atoms with Gasteiger partial charge in [-0.15, -0.1) is 12.4 Å². The van der Waals surface area contributed by atoms with Crippen molar-refractivity contribution in [1.82, 2.24) is 5.32 Å². The van der Waals surface area contributed by atoms with Crippen molar-refractivity contribution in [2.45, 2.75) is 39.0 Å². The van der Waals surface area contributed by atoms with E-state index in [4.69, 9.17) is 14.2 Å². The molecule has 0 spiro atoms. The smallest absolute Gasteiger partial charge is 0.175 e. The summed E-state index contributed by atoms with van der Waals surface area (Å²) in [5, 5.41) is 3.48. The number of rotatable bonds is 9. The normalized spacial score (nSPS) is 16.0. The zero-order valence-corrected chi connectivity index (χ0v) is 18.0. The van der Waals surface area contributed by atoms with E-state index >= 15 is 0 Å². The maximum Gasteiger partial charge on any atom is 0.175 e. The van der Waals surface area contributed by atoms with E-state index in [1.54, 1.807) is 0 Å². The van der Waals surface area contributed by atoms with E-state index < -0.39 is 0 Å². The average Bonchev–Trinajstić information content (AvgIpc) is 3.16. The van der Waals surface area contributed by atoms with Crippen LogP contribution in [-0.4, -0.2) is 25.9 Å². The first-order valence-electron chi connectivity index (χ1n) is 9.20. The van der Waals surface area contributed by atoms with Gasteiger partial charge in [0.05, 0.1) is 17.2 Å². The third kappa shape index (κ3) is 6.68. The quantitative estimate of drug-likeness (QED) is 0.569. The van der Waals surface area contributed by atoms with Crippen LogP contribution in [0.4, 0.5) is 0 Å². The molecule has 1 aliphatic heterocycles. The molecule has 0 aromatic heterocycles. The zero-order valence-electron chi connectivity index (χ0n) is 15.6. The molecule has 27 heavy (non-hydrogen) atoms. The second kappa shape index (κ2) is 11.5. The van der Waals surface area contributed by atoms with Gasteiger partial charge < -0.3 is 19.5 Å². The fourth-order valence-corrected chi connectivity index (χ4v) is 3.64. The molecule has 1 aliphatic rings. The molecule has 1 saturated heterocycles. The maximum absolute atomic E-state index is 6.04. The van der Waals surface area contributed by atoms with Gasteiger partial charge in [0.2, 0.25) is 0 Å². The SMILES string of the molecule is CCOc1cc(CNCC2CCCO2)cc(Br)c1OCc1ccccc1.Cl. The van der Waals surface area contributed by atoms with Gasteiger partial charge >= 0.3 is 0 Å². The number of ether oxygens (including phenoxy) is 3. The third-order valence-corrected chi connectivity index (χ3v) is 4.91. The molecule has 6 heteroatoms. The van der Waals surface area contributed by atoms with Crippen molar-refractivity contribution in [2.75, 3.05) is 19.8 Å². The monoisotopic (exact) mass is 455 g/mol. The topological polar surface area (TPSA) is 39.7 Å². The van der Waals surface area contributed by atoms with Crippen LogP contribution >= 0.6 is 28.3 Å². The van der Waals surface area contributed by atoms with Gasteiger partial charge in [-0.3, -0.25) is 0 Å². The standard InChI is InChI=1S/C21H26BrNO3.ClH/c1-2-24-20-12-17(13-23-14-18-9-6-10-25-18)11-19(22)21(20)26-15-16-7-4-3-5-8-16;/h3-5,7-8,11-12,18,23H,2,6,9-10,13-15H2,1H3;1H. The van der Waals surface area contributed by atoms with Crippen molar-refractivity contribution < 1.29 is 14.2 Å². The lowest BCUT2D eigenvalue weighted by atomic mass is 10.2. The maximum atomic E-state index is 6.04. The van der Waals surface area contributed by atoms with Gasteiger partial charge in [-0.25, -0.2) is 0 Å². The van der Waals surface area contributed by atoms with Crippen molar-refractivity contribution in [3.63, 3.8) is 0 Å². The number of hydrogen-bond acceptors (Lipinski definition) is 4. The van der Waals surface area contributed by atoms with E-state index in [2.05, 4.69) is 45.5 Å². The van der Waals surface area contributed by atoms with Crippen molar-refractivity contribution in [1.29, 1.82) is 0 Å². The lowest BCUT2D eigenvalue weighted by molar-refractivity contribution is 0.110. The molecule has 0 aliphatic carbocycles. The molecule has 0 saturated carbocycles. The van der Waals surface area contributed by atoms with E-state index in [1.807, 2.05) is 25.1 Å². The average molecular weight is 457 g/mol. The fraction of sp³-hybridized carbons (Fsp3) is 0.429. The molecule has 148 valence electrons. The molecule has 1 unspecified atom stereocenters. The van der Waals surface area contributed by atoms with Crippen molar-refractivity contribution in [3.8, 4) is 11.5 Å². The molecule has 1 heterocycles. The fourth-order valence-electron chi connectivity index (χ4n) is 3.04. The highest BCUT2D eigenvalue weighted by atomic mass is 79.9. The Morgan fingerprint density at radius 2 is 1.96 bits per heavy atom. The van der Waals surface area contributed by atoms with Gasteiger partial charge in [0.15, 0.2) is 11.5 Å². The summed E-state index contributed by atoms with van der Waals surface area (Å²) in [6, 6.07) is 14.3. The first kappa shape index (κ1) is 22.0. The van der Waals surface area contributed by atoms with E-state index in [-0.39, 0.29) is 12.4 Å². The number of halogens is 2. The Hall–Kier alpha value is -1.27. The molecule has 1 atom stereocenters. The van der Waals surface area contributed by atoms with Crippen LogP contribution in [0.5, 0.6) is 11.5 Å². The van der Waals surface area contributed by atoms with E-state index in [0.29, 0.717) is 19.3 Å². The predicted octanol–water partition coefficient (Wildman–Crippen LogP) is 5.12. The first-order chi connectivity index (χ1) is 12.8. The number of benzene rings is 2. The van der Waals surface area contributed by atoms with Crippen molar-refractivity contribution in [3.05, 3.63) is 58.1 Å². The molecular formula is C21H27BrClNO3. The minimum atomic E-state index is 0. The highest BCUT2D eigenvalue weighted by molar-refractivity contribution is 9.10. The summed E-state index contributed by atoms with van der Waals surface area (Å²) in [5.74, 6) is 1.52. The number of hydrogen-bond donors (Lipinski definition) is 1. The number of nitrogens with one attached hydrogen (secondary N) is 1. The molecule has 0 radical (unpaired) electrons. The summed E-state index contributed by atoms with van der Waals surface area (Å²) in [5.41, 5.74) is 2.29. The molecular weight excluding hydrogens is 430 g/mol. The highest BCUT2D eigenvalue weighted by Gasteiger charge is 2.16. The Morgan fingerprint density at radius 3 is 2.67 bits per heavy atom. The Morgan fingerprint density at radius 1 is 1.15 bits per heavy atom. The Balaban J connectivity index is 0.00000261. The summed E-state index contributed by atoms with van der Waals surface area (Å²) in [7, 11) is 0. The molecule has 4 nitrogen and oxygen atoms in total. The van der Waals surface area contributed by atoms with Crippen LogP contribution in [0.25, 0.3) is 0 Å². The molecule has 1 N–H and O–H groups in total. The predicted molar refractivity (Wildman–Crippen MR) is 114 cm³/mol. The second-order valence-electron chi connectivity index (χ2n) is 6.38. The van der Waals surface area contributed by atoms with Crippen LogP contribution in [0.3, 0.4) is 0 Å². The molecule has 2 aromatic rings. The lowest BCUT2D eigenvalue weighted by Crippen LogP contribution is -2.25. The third-order valence-electron chi connectivity index (χ3n) is 4.32. The summed E-state index contributed by atoms with van der Waals surface area (Å²) in [6.45, 7) is 5.64. The van der Waals surface area contributed by atoms with Gasteiger partial charge in [0.25, 0.3) is 0 Å². The first-order valence-corrected chi connectivity index (χ1v) is 10.00. The summed E-state index contributed by atoms with van der Waals surface area (Å²) < 4.78 is 18.4. The molecule has 2 aromatic carbocycles. The summed E-state index contributed by atoms with van der Waals surface area (Å²) >= 11 is 3.64. The van der Waals surface area contributed by atoms with E-state index in [1.165, 1.54) is 6.42 Å². The summed E-state index contributed by atoms with van der Waals surface area (Å²) in [4.78, 5) is 0. The molecule has 3 rings (SSSR count). The van der Waals surface area contributed by atoms with Crippen molar-refractivity contribution in [2.24, 2.45) is 0 Å². The molecule has 1 fully saturated rings. The van der Waals surface area contributed by atoms with Gasteiger partial charge in [0.1, 0.15) is 6.61 Å². The van der Waals surface area contributed by atoms with Crippen LogP contribution in [0.2, 0.25) is 0 Å². The van der Waals surface area contributed by atoms with Crippen LogP contribution in [-0.2, 0) is 17.9 Å². The second-order valence-corrected chi connectivity index (χ2v) is 7.23.